The molecule has 0 aliphatic carbocycles. The van der Waals surface area contributed by atoms with Gasteiger partial charge in [0.1, 0.15) is 5.82 Å². The summed E-state index contributed by atoms with van der Waals surface area (Å²) in [7, 11) is 0. The molecule has 12 heavy (non-hydrogen) atoms. The lowest BCUT2D eigenvalue weighted by Crippen LogP contribution is -1.79. The van der Waals surface area contributed by atoms with E-state index in [4.69, 9.17) is 0 Å². The van der Waals surface area contributed by atoms with Crippen molar-refractivity contribution in [3.63, 3.8) is 0 Å². The van der Waals surface area contributed by atoms with Crippen molar-refractivity contribution in [3.05, 3.63) is 41.2 Å². The lowest BCUT2D eigenvalue weighted by Gasteiger charge is -1.94. The summed E-state index contributed by atoms with van der Waals surface area (Å²) < 4.78 is 13.2. The van der Waals surface area contributed by atoms with Crippen LogP contribution in [0.1, 0.15) is 4.88 Å². The van der Waals surface area contributed by atoms with Gasteiger partial charge in [0.2, 0.25) is 0 Å². The summed E-state index contributed by atoms with van der Waals surface area (Å²) in [6.45, 7) is 3.76. The van der Waals surface area contributed by atoms with Crippen LogP contribution in [0.2, 0.25) is 0 Å². The Hall–Kier alpha value is -0.890. The standard InChI is InChI=1S/C10H8FS/c1-2-9-10-7(6-12-9)4-3-5-8(10)11/h3-6H,1-2H2. The maximum atomic E-state index is 13.2. The van der Waals surface area contributed by atoms with Crippen molar-refractivity contribution in [1.29, 1.82) is 0 Å². The molecule has 61 valence electrons. The molecule has 1 aromatic carbocycles. The van der Waals surface area contributed by atoms with Crippen molar-refractivity contribution in [2.45, 2.75) is 6.42 Å². The molecular weight excluding hydrogens is 171 g/mol. The first kappa shape index (κ1) is 7.74. The molecule has 1 heterocycles. The molecule has 0 saturated carbocycles. The minimum Gasteiger partial charge on any atom is -0.206 e. The van der Waals surface area contributed by atoms with E-state index in [1.807, 2.05) is 11.4 Å². The summed E-state index contributed by atoms with van der Waals surface area (Å²) in [5.74, 6) is -0.132. The maximum Gasteiger partial charge on any atom is 0.132 e. The van der Waals surface area contributed by atoms with Crippen molar-refractivity contribution in [2.24, 2.45) is 0 Å². The summed E-state index contributed by atoms with van der Waals surface area (Å²) in [6, 6.07) is 5.15. The van der Waals surface area contributed by atoms with Gasteiger partial charge in [0.05, 0.1) is 0 Å². The third kappa shape index (κ3) is 1.03. The Morgan fingerprint density at radius 1 is 1.42 bits per heavy atom. The second-order valence-electron chi connectivity index (χ2n) is 2.61. The zero-order valence-electron chi connectivity index (χ0n) is 6.51. The first-order valence-corrected chi connectivity index (χ1v) is 4.64. The summed E-state index contributed by atoms with van der Waals surface area (Å²) in [6.07, 6.45) is 0.662. The average molecular weight is 179 g/mol. The van der Waals surface area contributed by atoms with Gasteiger partial charge in [0.25, 0.3) is 0 Å². The normalized spacial score (nSPS) is 10.8. The molecule has 1 radical (unpaired) electrons. The molecule has 0 amide bonds. The lowest BCUT2D eigenvalue weighted by atomic mass is 10.1. The second kappa shape index (κ2) is 2.87. The SMILES string of the molecule is [CH2]Cc1scc2cccc(F)c12. The molecule has 0 aliphatic heterocycles. The van der Waals surface area contributed by atoms with Gasteiger partial charge in [-0.25, -0.2) is 4.39 Å². The lowest BCUT2D eigenvalue weighted by molar-refractivity contribution is 0.639. The Labute approximate surface area is 74.6 Å². The molecule has 0 N–H and O–H groups in total. The molecule has 2 heteroatoms. The summed E-state index contributed by atoms with van der Waals surface area (Å²) >= 11 is 1.57. The number of benzene rings is 1. The minimum atomic E-state index is -0.132. The Bertz CT molecular complexity index is 403. The summed E-state index contributed by atoms with van der Waals surface area (Å²) in [5, 5.41) is 3.70. The fraction of sp³-hybridized carbons (Fsp3) is 0.100. The highest BCUT2D eigenvalue weighted by Gasteiger charge is 2.05. The molecule has 0 aliphatic rings. The highest BCUT2D eigenvalue weighted by Crippen LogP contribution is 2.27. The third-order valence-electron chi connectivity index (χ3n) is 1.88. The zero-order chi connectivity index (χ0) is 8.55. The van der Waals surface area contributed by atoms with E-state index >= 15 is 0 Å². The van der Waals surface area contributed by atoms with Gasteiger partial charge in [-0.15, -0.1) is 11.3 Å². The Morgan fingerprint density at radius 3 is 3.00 bits per heavy atom. The predicted octanol–water partition coefficient (Wildman–Crippen LogP) is 3.42. The summed E-state index contributed by atoms with van der Waals surface area (Å²) in [5.41, 5.74) is 0. The zero-order valence-corrected chi connectivity index (χ0v) is 7.33. The highest BCUT2D eigenvalue weighted by molar-refractivity contribution is 7.11. The predicted molar refractivity (Wildman–Crippen MR) is 50.8 cm³/mol. The smallest absolute Gasteiger partial charge is 0.132 e. The number of rotatable bonds is 1. The van der Waals surface area contributed by atoms with Crippen LogP contribution in [0.5, 0.6) is 0 Å². The van der Waals surface area contributed by atoms with Crippen molar-refractivity contribution in [1.82, 2.24) is 0 Å². The van der Waals surface area contributed by atoms with Gasteiger partial charge < -0.3 is 0 Å². The molecule has 0 atom stereocenters. The van der Waals surface area contributed by atoms with E-state index in [0.29, 0.717) is 6.42 Å². The molecule has 2 aromatic rings. The number of hydrogen-bond acceptors (Lipinski definition) is 1. The van der Waals surface area contributed by atoms with Crippen LogP contribution >= 0.6 is 11.3 Å². The van der Waals surface area contributed by atoms with E-state index in [1.54, 1.807) is 17.4 Å². The van der Waals surface area contributed by atoms with Crippen LogP contribution in [0.25, 0.3) is 10.8 Å². The Morgan fingerprint density at radius 2 is 2.25 bits per heavy atom. The molecule has 0 spiro atoms. The fourth-order valence-corrected chi connectivity index (χ4v) is 2.23. The van der Waals surface area contributed by atoms with E-state index < -0.39 is 0 Å². The molecule has 1 aromatic heterocycles. The van der Waals surface area contributed by atoms with Crippen LogP contribution in [0.15, 0.2) is 23.6 Å². The van der Waals surface area contributed by atoms with Crippen LogP contribution in [0.4, 0.5) is 4.39 Å². The Balaban J connectivity index is 2.83. The van der Waals surface area contributed by atoms with E-state index in [2.05, 4.69) is 6.92 Å². The van der Waals surface area contributed by atoms with Crippen LogP contribution in [0, 0.1) is 12.7 Å². The van der Waals surface area contributed by atoms with E-state index in [9.17, 15) is 4.39 Å². The van der Waals surface area contributed by atoms with Gasteiger partial charge >= 0.3 is 0 Å². The largest absolute Gasteiger partial charge is 0.206 e. The van der Waals surface area contributed by atoms with Crippen LogP contribution < -0.4 is 0 Å². The average Bonchev–Trinajstić information content (AvgIpc) is 2.49. The topological polar surface area (TPSA) is 0 Å². The molecule has 0 nitrogen and oxygen atoms in total. The van der Waals surface area contributed by atoms with Crippen molar-refractivity contribution in [2.75, 3.05) is 0 Å². The first-order chi connectivity index (χ1) is 5.83. The highest BCUT2D eigenvalue weighted by atomic mass is 32.1. The molecular formula is C10H8FS. The molecule has 0 fully saturated rings. The fourth-order valence-electron chi connectivity index (χ4n) is 1.31. The quantitative estimate of drug-likeness (QED) is 0.629. The van der Waals surface area contributed by atoms with Gasteiger partial charge in [-0.05, 0) is 30.2 Å². The van der Waals surface area contributed by atoms with Gasteiger partial charge in [0, 0.05) is 10.3 Å². The van der Waals surface area contributed by atoms with Crippen LogP contribution in [-0.2, 0) is 6.42 Å². The monoisotopic (exact) mass is 179 g/mol. The van der Waals surface area contributed by atoms with Crippen LogP contribution in [-0.4, -0.2) is 0 Å². The van der Waals surface area contributed by atoms with Crippen molar-refractivity contribution >= 4 is 22.1 Å². The van der Waals surface area contributed by atoms with Crippen molar-refractivity contribution in [3.8, 4) is 0 Å². The summed E-state index contributed by atoms with van der Waals surface area (Å²) in [4.78, 5) is 1.03. The van der Waals surface area contributed by atoms with Crippen molar-refractivity contribution < 1.29 is 4.39 Å². The Kier molecular flexibility index (Phi) is 1.85. The molecule has 0 unspecified atom stereocenters. The van der Waals surface area contributed by atoms with E-state index in [1.165, 1.54) is 6.07 Å². The van der Waals surface area contributed by atoms with Gasteiger partial charge in [-0.3, -0.25) is 0 Å². The van der Waals surface area contributed by atoms with E-state index in [0.717, 1.165) is 15.6 Å². The molecule has 0 saturated heterocycles. The maximum absolute atomic E-state index is 13.2. The number of hydrogen-bond donors (Lipinski definition) is 0. The van der Waals surface area contributed by atoms with Crippen LogP contribution in [0.3, 0.4) is 0 Å². The number of halogens is 1. The van der Waals surface area contributed by atoms with E-state index in [-0.39, 0.29) is 5.82 Å². The molecule has 0 bridgehead atoms. The van der Waals surface area contributed by atoms with Gasteiger partial charge in [-0.1, -0.05) is 12.1 Å². The number of fused-ring (bicyclic) bond motifs is 1. The van der Waals surface area contributed by atoms with Gasteiger partial charge in [0.15, 0.2) is 0 Å². The van der Waals surface area contributed by atoms with Gasteiger partial charge in [-0.2, -0.15) is 0 Å². The minimum absolute atomic E-state index is 0.132. The second-order valence-corrected chi connectivity index (χ2v) is 3.58. The molecule has 2 rings (SSSR count). The first-order valence-electron chi connectivity index (χ1n) is 3.77. The third-order valence-corrected chi connectivity index (χ3v) is 2.94. The number of thiophene rings is 1.